The number of carbonyl (C=O) groups is 1. The number of aromatic nitrogens is 2. The molecule has 2 aliphatic rings. The molecule has 2 aromatic carbocycles. The van der Waals surface area contributed by atoms with Crippen molar-refractivity contribution in [1.29, 1.82) is 0 Å². The first-order valence-electron chi connectivity index (χ1n) is 10.8. The van der Waals surface area contributed by atoms with Crippen molar-refractivity contribution in [3.05, 3.63) is 65.2 Å². The van der Waals surface area contributed by atoms with Gasteiger partial charge in [0, 0.05) is 25.1 Å². The molecule has 0 bridgehead atoms. The third-order valence-corrected chi connectivity index (χ3v) is 6.83. The smallest absolute Gasteiger partial charge is 0.232 e. The lowest BCUT2D eigenvalue weighted by Crippen LogP contribution is -2.36. The van der Waals surface area contributed by atoms with Crippen LogP contribution in [0.2, 0.25) is 0 Å². The van der Waals surface area contributed by atoms with Gasteiger partial charge in [0.2, 0.25) is 11.8 Å². The lowest BCUT2D eigenvalue weighted by atomic mass is 10.0. The quantitative estimate of drug-likeness (QED) is 0.326. The predicted molar refractivity (Wildman–Crippen MR) is 123 cm³/mol. The van der Waals surface area contributed by atoms with E-state index in [0.717, 1.165) is 53.4 Å². The Bertz CT molecular complexity index is 1110. The summed E-state index contributed by atoms with van der Waals surface area (Å²) in [4.78, 5) is 24.4. The molecule has 3 heterocycles. The zero-order valence-corrected chi connectivity index (χ0v) is 18.5. The summed E-state index contributed by atoms with van der Waals surface area (Å²) in [5, 5.41) is 0.834. The Hall–Kier alpha value is -2.86. The van der Waals surface area contributed by atoms with Crippen LogP contribution in [-0.4, -0.2) is 39.6 Å². The van der Waals surface area contributed by atoms with Gasteiger partial charge in [-0.1, -0.05) is 59.8 Å². The minimum atomic E-state index is 0.186. The second-order valence-corrected chi connectivity index (χ2v) is 9.08. The van der Waals surface area contributed by atoms with Crippen LogP contribution >= 0.6 is 11.8 Å². The van der Waals surface area contributed by atoms with Crippen molar-refractivity contribution in [3.8, 4) is 23.0 Å². The second-order valence-electron chi connectivity index (χ2n) is 8.12. The number of para-hydroxylation sites is 1. The van der Waals surface area contributed by atoms with Crippen LogP contribution in [0.15, 0.2) is 53.6 Å². The Kier molecular flexibility index (Phi) is 5.64. The maximum atomic E-state index is 12.8. The molecule has 0 saturated carbocycles. The van der Waals surface area contributed by atoms with Gasteiger partial charge in [-0.25, -0.2) is 4.98 Å². The molecule has 0 N–H and O–H groups in total. The first kappa shape index (κ1) is 20.1. The van der Waals surface area contributed by atoms with Crippen LogP contribution in [0.25, 0.3) is 11.4 Å². The fourth-order valence-electron chi connectivity index (χ4n) is 4.04. The summed E-state index contributed by atoms with van der Waals surface area (Å²) in [6.45, 7) is 3.80. The average molecular weight is 432 g/mol. The van der Waals surface area contributed by atoms with E-state index < -0.39 is 0 Å². The van der Waals surface area contributed by atoms with Crippen molar-refractivity contribution in [2.24, 2.45) is 0 Å². The van der Waals surface area contributed by atoms with Gasteiger partial charge in [0.15, 0.2) is 5.82 Å². The molecule has 5 nitrogen and oxygen atoms in total. The summed E-state index contributed by atoms with van der Waals surface area (Å²) in [6, 6.07) is 16.2. The zero-order valence-electron chi connectivity index (χ0n) is 17.6. The maximum absolute atomic E-state index is 12.8. The van der Waals surface area contributed by atoms with Gasteiger partial charge in [-0.15, -0.1) is 0 Å². The van der Waals surface area contributed by atoms with Crippen LogP contribution in [0, 0.1) is 6.92 Å². The molecular formula is C25H25N3O2S. The molecule has 0 aliphatic carbocycles. The third-order valence-electron chi connectivity index (χ3n) is 5.83. The molecule has 0 radical (unpaired) electrons. The number of piperidine rings is 1. The van der Waals surface area contributed by atoms with Crippen molar-refractivity contribution >= 4 is 17.7 Å². The lowest BCUT2D eigenvalue weighted by molar-refractivity contribution is -0.129. The number of carbonyl (C=O) groups excluding carboxylic acids is 1. The first-order chi connectivity index (χ1) is 15.2. The molecule has 5 rings (SSSR count). The van der Waals surface area contributed by atoms with Crippen LogP contribution in [-0.2, 0) is 11.2 Å². The van der Waals surface area contributed by atoms with E-state index in [9.17, 15) is 4.79 Å². The van der Waals surface area contributed by atoms with Crippen molar-refractivity contribution in [2.75, 3.05) is 18.8 Å². The Morgan fingerprint density at radius 2 is 1.81 bits per heavy atom. The molecule has 158 valence electrons. The number of likely N-dealkylation sites (tertiary alicyclic amines) is 1. The highest BCUT2D eigenvalue weighted by atomic mass is 32.2. The molecule has 0 unspecified atom stereocenters. The fourth-order valence-corrected chi connectivity index (χ4v) is 4.97. The summed E-state index contributed by atoms with van der Waals surface area (Å²) in [5.41, 5.74) is 4.21. The number of fused-ring (bicyclic) bond motifs is 2. The van der Waals surface area contributed by atoms with E-state index in [4.69, 9.17) is 14.7 Å². The molecule has 1 saturated heterocycles. The molecule has 0 spiro atoms. The Balaban J connectivity index is 1.47. The highest BCUT2D eigenvalue weighted by Gasteiger charge is 2.25. The molecule has 6 heteroatoms. The number of nitrogens with zero attached hydrogens (tertiary/aromatic N) is 3. The SMILES string of the molecule is Cc1ccc(-c2nc3c(c(SCC(=O)N4CCCCC4)n2)Cc2ccccc2O3)cc1. The first-order valence-corrected chi connectivity index (χ1v) is 11.8. The van der Waals surface area contributed by atoms with Gasteiger partial charge in [0.05, 0.1) is 11.3 Å². The molecule has 1 aromatic heterocycles. The molecule has 31 heavy (non-hydrogen) atoms. The minimum absolute atomic E-state index is 0.186. The van der Waals surface area contributed by atoms with E-state index >= 15 is 0 Å². The number of ether oxygens (including phenoxy) is 1. The summed E-state index contributed by atoms with van der Waals surface area (Å²) >= 11 is 1.50. The molecule has 1 fully saturated rings. The van der Waals surface area contributed by atoms with E-state index in [-0.39, 0.29) is 5.91 Å². The minimum Gasteiger partial charge on any atom is -0.438 e. The standard InChI is InChI=1S/C25H25N3O2S/c1-17-9-11-18(12-10-17)23-26-24-20(15-19-7-3-4-8-21(19)30-24)25(27-23)31-16-22(29)28-13-5-2-6-14-28/h3-4,7-12H,2,5-6,13-16H2,1H3. The maximum Gasteiger partial charge on any atom is 0.232 e. The highest BCUT2D eigenvalue weighted by Crippen LogP contribution is 2.40. The average Bonchev–Trinajstić information content (AvgIpc) is 2.82. The van der Waals surface area contributed by atoms with Crippen LogP contribution < -0.4 is 4.74 Å². The summed E-state index contributed by atoms with van der Waals surface area (Å²) in [6.07, 6.45) is 4.12. The van der Waals surface area contributed by atoms with Gasteiger partial charge in [-0.2, -0.15) is 4.98 Å². The number of benzene rings is 2. The topological polar surface area (TPSA) is 55.3 Å². The lowest BCUT2D eigenvalue weighted by Gasteiger charge is -2.27. The van der Waals surface area contributed by atoms with Gasteiger partial charge in [0.25, 0.3) is 0 Å². The van der Waals surface area contributed by atoms with Gasteiger partial charge in [-0.3, -0.25) is 4.79 Å². The summed E-state index contributed by atoms with van der Waals surface area (Å²) in [5.74, 6) is 2.64. The normalized spacial score (nSPS) is 15.1. The van der Waals surface area contributed by atoms with E-state index in [0.29, 0.717) is 23.9 Å². The molecule has 3 aromatic rings. The van der Waals surface area contributed by atoms with E-state index in [1.165, 1.54) is 23.7 Å². The van der Waals surface area contributed by atoms with E-state index in [1.54, 1.807) is 0 Å². The molecular weight excluding hydrogens is 406 g/mol. The third kappa shape index (κ3) is 4.30. The number of rotatable bonds is 4. The van der Waals surface area contributed by atoms with E-state index in [2.05, 4.69) is 25.1 Å². The second kappa shape index (κ2) is 8.71. The molecule has 2 aliphatic heterocycles. The van der Waals surface area contributed by atoms with E-state index in [1.807, 2.05) is 35.2 Å². The number of thioether (sulfide) groups is 1. The largest absolute Gasteiger partial charge is 0.438 e. The van der Waals surface area contributed by atoms with Crippen molar-refractivity contribution in [2.45, 2.75) is 37.6 Å². The number of aryl methyl sites for hydroxylation is 1. The van der Waals surface area contributed by atoms with Crippen LogP contribution in [0.4, 0.5) is 0 Å². The molecule has 0 atom stereocenters. The van der Waals surface area contributed by atoms with Gasteiger partial charge < -0.3 is 9.64 Å². The predicted octanol–water partition coefficient (Wildman–Crippen LogP) is 5.25. The highest BCUT2D eigenvalue weighted by molar-refractivity contribution is 7.99. The Labute approximate surface area is 186 Å². The van der Waals surface area contributed by atoms with Gasteiger partial charge in [0.1, 0.15) is 10.8 Å². The summed E-state index contributed by atoms with van der Waals surface area (Å²) in [7, 11) is 0. The van der Waals surface area contributed by atoms with Crippen molar-refractivity contribution in [1.82, 2.24) is 14.9 Å². The zero-order chi connectivity index (χ0) is 21.2. The van der Waals surface area contributed by atoms with Crippen molar-refractivity contribution in [3.63, 3.8) is 0 Å². The number of amides is 1. The van der Waals surface area contributed by atoms with Gasteiger partial charge in [-0.05, 0) is 37.8 Å². The van der Waals surface area contributed by atoms with Crippen LogP contribution in [0.1, 0.15) is 36.0 Å². The monoisotopic (exact) mass is 431 g/mol. The molecule has 1 amide bonds. The fraction of sp³-hybridized carbons (Fsp3) is 0.320. The van der Waals surface area contributed by atoms with Crippen molar-refractivity contribution < 1.29 is 9.53 Å². The Morgan fingerprint density at radius 1 is 1.03 bits per heavy atom. The number of hydrogen-bond donors (Lipinski definition) is 0. The Morgan fingerprint density at radius 3 is 2.61 bits per heavy atom. The van der Waals surface area contributed by atoms with Crippen LogP contribution in [0.5, 0.6) is 11.6 Å². The van der Waals surface area contributed by atoms with Gasteiger partial charge >= 0.3 is 0 Å². The summed E-state index contributed by atoms with van der Waals surface area (Å²) < 4.78 is 6.17. The number of hydrogen-bond acceptors (Lipinski definition) is 5. The van der Waals surface area contributed by atoms with Crippen LogP contribution in [0.3, 0.4) is 0 Å².